The molecule has 1 nitrogen and oxygen atoms in total. The highest BCUT2D eigenvalue weighted by Gasteiger charge is 2.12. The van der Waals surface area contributed by atoms with E-state index in [9.17, 15) is 0 Å². The molecule has 20 heavy (non-hydrogen) atoms. The fourth-order valence-corrected chi connectivity index (χ4v) is 3.49. The van der Waals surface area contributed by atoms with E-state index in [1.807, 2.05) is 0 Å². The van der Waals surface area contributed by atoms with Crippen molar-refractivity contribution in [1.29, 1.82) is 0 Å². The zero-order chi connectivity index (χ0) is 14.9. The van der Waals surface area contributed by atoms with E-state index < -0.39 is 0 Å². The van der Waals surface area contributed by atoms with Gasteiger partial charge in [0.1, 0.15) is 0 Å². The van der Waals surface area contributed by atoms with Crippen LogP contribution in [0.15, 0.2) is 34.8 Å². The number of benzene rings is 2. The molecule has 2 aromatic carbocycles. The predicted octanol–water partition coefficient (Wildman–Crippen LogP) is 5.86. The first-order valence-electron chi connectivity index (χ1n) is 6.99. The van der Waals surface area contributed by atoms with Crippen LogP contribution in [0.3, 0.4) is 0 Å². The number of anilines is 1. The lowest BCUT2D eigenvalue weighted by Gasteiger charge is -2.21. The summed E-state index contributed by atoms with van der Waals surface area (Å²) in [5.74, 6) is 0. The van der Waals surface area contributed by atoms with Gasteiger partial charge in [-0.25, -0.2) is 0 Å². The maximum absolute atomic E-state index is 3.67. The lowest BCUT2D eigenvalue weighted by molar-refractivity contribution is 0.869. The summed E-state index contributed by atoms with van der Waals surface area (Å²) in [6, 6.07) is 11.3. The molecule has 0 heterocycles. The normalized spacial score (nSPS) is 12.3. The Kier molecular flexibility index (Phi) is 4.54. The summed E-state index contributed by atoms with van der Waals surface area (Å²) in [5, 5.41) is 3.64. The van der Waals surface area contributed by atoms with Gasteiger partial charge in [0.2, 0.25) is 0 Å². The van der Waals surface area contributed by atoms with Crippen LogP contribution in [0, 0.1) is 27.7 Å². The Morgan fingerprint density at radius 1 is 0.900 bits per heavy atom. The number of hydrogen-bond donors (Lipinski definition) is 1. The molecule has 0 amide bonds. The molecule has 1 N–H and O–H groups in total. The number of aryl methyl sites for hydroxylation is 4. The first kappa shape index (κ1) is 15.1. The SMILES string of the molecule is Cc1ccc(C(C)Nc2c(C)cc(C)cc2Br)c(C)c1. The largest absolute Gasteiger partial charge is 0.377 e. The van der Waals surface area contributed by atoms with E-state index in [4.69, 9.17) is 0 Å². The van der Waals surface area contributed by atoms with E-state index in [2.05, 4.69) is 86.2 Å². The minimum absolute atomic E-state index is 0.285. The van der Waals surface area contributed by atoms with Crippen LogP contribution in [0.5, 0.6) is 0 Å². The van der Waals surface area contributed by atoms with Gasteiger partial charge in [0.05, 0.1) is 5.69 Å². The molecule has 0 radical (unpaired) electrons. The number of nitrogens with one attached hydrogen (secondary N) is 1. The summed E-state index contributed by atoms with van der Waals surface area (Å²) in [6.07, 6.45) is 0. The van der Waals surface area contributed by atoms with Gasteiger partial charge >= 0.3 is 0 Å². The van der Waals surface area contributed by atoms with Crippen molar-refractivity contribution in [3.8, 4) is 0 Å². The summed E-state index contributed by atoms with van der Waals surface area (Å²) in [6.45, 7) is 10.8. The van der Waals surface area contributed by atoms with Crippen LogP contribution < -0.4 is 5.32 Å². The molecule has 2 aromatic rings. The van der Waals surface area contributed by atoms with Crippen molar-refractivity contribution in [3.63, 3.8) is 0 Å². The van der Waals surface area contributed by atoms with Crippen molar-refractivity contribution >= 4 is 21.6 Å². The molecular weight excluding hydrogens is 310 g/mol. The van der Waals surface area contributed by atoms with Gasteiger partial charge in [0, 0.05) is 10.5 Å². The van der Waals surface area contributed by atoms with E-state index in [1.54, 1.807) is 0 Å². The van der Waals surface area contributed by atoms with Crippen LogP contribution in [0.4, 0.5) is 5.69 Å². The van der Waals surface area contributed by atoms with Crippen LogP contribution in [0.25, 0.3) is 0 Å². The van der Waals surface area contributed by atoms with E-state index in [-0.39, 0.29) is 6.04 Å². The van der Waals surface area contributed by atoms with Gasteiger partial charge in [-0.05, 0) is 78.9 Å². The number of halogens is 1. The Labute approximate surface area is 130 Å². The Morgan fingerprint density at radius 2 is 1.55 bits per heavy atom. The van der Waals surface area contributed by atoms with Crippen LogP contribution in [-0.2, 0) is 0 Å². The zero-order valence-corrected chi connectivity index (χ0v) is 14.4. The third kappa shape index (κ3) is 3.24. The maximum atomic E-state index is 3.67. The molecule has 0 aliphatic carbocycles. The van der Waals surface area contributed by atoms with E-state index in [0.29, 0.717) is 0 Å². The Morgan fingerprint density at radius 3 is 2.15 bits per heavy atom. The van der Waals surface area contributed by atoms with Crippen LogP contribution in [0.1, 0.15) is 40.8 Å². The molecule has 0 aliphatic heterocycles. The van der Waals surface area contributed by atoms with Crippen molar-refractivity contribution in [2.24, 2.45) is 0 Å². The summed E-state index contributed by atoms with van der Waals surface area (Å²) in [5.41, 5.74) is 7.73. The fourth-order valence-electron chi connectivity index (χ4n) is 2.70. The van der Waals surface area contributed by atoms with Gasteiger partial charge in [-0.3, -0.25) is 0 Å². The standard InChI is InChI=1S/C18H22BrN/c1-11-6-7-16(13(3)8-11)15(5)20-18-14(4)9-12(2)10-17(18)19/h6-10,15,20H,1-5H3. The molecule has 0 saturated heterocycles. The second kappa shape index (κ2) is 6.01. The minimum Gasteiger partial charge on any atom is -0.377 e. The van der Waals surface area contributed by atoms with Crippen molar-refractivity contribution in [2.45, 2.75) is 40.7 Å². The molecular formula is C18H22BrN. The van der Waals surface area contributed by atoms with Crippen LogP contribution in [0.2, 0.25) is 0 Å². The van der Waals surface area contributed by atoms with Crippen molar-refractivity contribution in [1.82, 2.24) is 0 Å². The lowest BCUT2D eigenvalue weighted by atomic mass is 9.99. The molecule has 0 fully saturated rings. The zero-order valence-electron chi connectivity index (χ0n) is 12.8. The number of hydrogen-bond acceptors (Lipinski definition) is 1. The minimum atomic E-state index is 0.285. The van der Waals surface area contributed by atoms with Crippen molar-refractivity contribution in [2.75, 3.05) is 5.32 Å². The van der Waals surface area contributed by atoms with Gasteiger partial charge < -0.3 is 5.32 Å². The summed E-state index contributed by atoms with van der Waals surface area (Å²) < 4.78 is 1.13. The van der Waals surface area contributed by atoms with E-state index in [0.717, 1.165) is 4.47 Å². The molecule has 1 atom stereocenters. The first-order chi connectivity index (χ1) is 9.38. The second-order valence-corrected chi connectivity index (χ2v) is 6.52. The van der Waals surface area contributed by atoms with Gasteiger partial charge in [-0.15, -0.1) is 0 Å². The molecule has 0 spiro atoms. The van der Waals surface area contributed by atoms with E-state index in [1.165, 1.54) is 33.5 Å². The monoisotopic (exact) mass is 331 g/mol. The van der Waals surface area contributed by atoms with Crippen LogP contribution in [-0.4, -0.2) is 0 Å². The summed E-state index contributed by atoms with van der Waals surface area (Å²) in [4.78, 5) is 0. The Hall–Kier alpha value is -1.28. The highest BCUT2D eigenvalue weighted by atomic mass is 79.9. The summed E-state index contributed by atoms with van der Waals surface area (Å²) >= 11 is 3.67. The molecule has 0 bridgehead atoms. The third-order valence-electron chi connectivity index (χ3n) is 3.68. The smallest absolute Gasteiger partial charge is 0.0519 e. The molecule has 1 unspecified atom stereocenters. The first-order valence-corrected chi connectivity index (χ1v) is 7.78. The van der Waals surface area contributed by atoms with Crippen LogP contribution >= 0.6 is 15.9 Å². The van der Waals surface area contributed by atoms with Gasteiger partial charge in [-0.2, -0.15) is 0 Å². The van der Waals surface area contributed by atoms with Gasteiger partial charge in [0.15, 0.2) is 0 Å². The quantitative estimate of drug-likeness (QED) is 0.743. The Bertz CT molecular complexity index is 608. The van der Waals surface area contributed by atoms with Gasteiger partial charge in [-0.1, -0.05) is 29.8 Å². The highest BCUT2D eigenvalue weighted by molar-refractivity contribution is 9.10. The molecule has 2 rings (SSSR count). The van der Waals surface area contributed by atoms with Crippen molar-refractivity contribution < 1.29 is 0 Å². The lowest BCUT2D eigenvalue weighted by Crippen LogP contribution is -2.10. The topological polar surface area (TPSA) is 12.0 Å². The van der Waals surface area contributed by atoms with E-state index >= 15 is 0 Å². The third-order valence-corrected chi connectivity index (χ3v) is 4.31. The molecule has 0 aliphatic rings. The fraction of sp³-hybridized carbons (Fsp3) is 0.333. The second-order valence-electron chi connectivity index (χ2n) is 5.66. The highest BCUT2D eigenvalue weighted by Crippen LogP contribution is 2.31. The number of rotatable bonds is 3. The maximum Gasteiger partial charge on any atom is 0.0519 e. The molecule has 2 heteroatoms. The summed E-state index contributed by atoms with van der Waals surface area (Å²) in [7, 11) is 0. The average molecular weight is 332 g/mol. The predicted molar refractivity (Wildman–Crippen MR) is 91.6 cm³/mol. The van der Waals surface area contributed by atoms with Gasteiger partial charge in [0.25, 0.3) is 0 Å². The molecule has 106 valence electrons. The molecule has 0 saturated carbocycles. The van der Waals surface area contributed by atoms with Crippen molar-refractivity contribution in [3.05, 3.63) is 62.6 Å². The molecule has 0 aromatic heterocycles. The Balaban J connectivity index is 2.30. The average Bonchev–Trinajstić information content (AvgIpc) is 2.33.